The SMILES string of the molecule is Cc1sc2ncnc(N3C[C@@]4(C(=O)O)C[C@@]4(C(=O)O)C3)c2c1C. The Hall–Kier alpha value is -2.22. The van der Waals surface area contributed by atoms with Crippen molar-refractivity contribution in [3.63, 3.8) is 0 Å². The maximum absolute atomic E-state index is 11.7. The second kappa shape index (κ2) is 4.19. The van der Waals surface area contributed by atoms with Crippen molar-refractivity contribution in [1.82, 2.24) is 9.97 Å². The number of hydrogen-bond donors (Lipinski definition) is 2. The summed E-state index contributed by atoms with van der Waals surface area (Å²) in [5.74, 6) is -1.43. The number of aliphatic carboxylic acids is 2. The van der Waals surface area contributed by atoms with Crippen molar-refractivity contribution >= 4 is 39.3 Å². The lowest BCUT2D eigenvalue weighted by molar-refractivity contribution is -0.151. The highest BCUT2D eigenvalue weighted by Crippen LogP contribution is 2.69. The first-order valence-electron chi connectivity index (χ1n) is 7.25. The molecule has 120 valence electrons. The number of rotatable bonds is 3. The fourth-order valence-corrected chi connectivity index (χ4v) is 4.83. The third-order valence-corrected chi connectivity index (χ3v) is 6.50. The number of piperidine rings is 1. The van der Waals surface area contributed by atoms with Crippen LogP contribution in [0.3, 0.4) is 0 Å². The van der Waals surface area contributed by atoms with Gasteiger partial charge in [0.1, 0.15) is 27.8 Å². The molecule has 0 amide bonds. The molecule has 2 aliphatic rings. The lowest BCUT2D eigenvalue weighted by atomic mass is 9.97. The predicted octanol–water partition coefficient (Wildman–Crippen LogP) is 1.67. The standard InChI is InChI=1S/C15H15N3O4S/c1-7-8(2)23-11-9(7)10(16-6-17-11)18-4-14(12(19)20)3-15(14,5-18)13(21)22/h6H,3-5H2,1-2H3,(H,19,20)(H,21,22)/t14-,15+. The molecular formula is C15H15N3O4S. The van der Waals surface area contributed by atoms with Crippen LogP contribution >= 0.6 is 11.3 Å². The van der Waals surface area contributed by atoms with Gasteiger partial charge in [-0.15, -0.1) is 11.3 Å². The number of carboxylic acid groups (broad SMARTS) is 2. The summed E-state index contributed by atoms with van der Waals surface area (Å²) in [6.07, 6.45) is 1.65. The van der Waals surface area contributed by atoms with E-state index in [0.29, 0.717) is 5.82 Å². The van der Waals surface area contributed by atoms with Gasteiger partial charge >= 0.3 is 11.9 Å². The van der Waals surface area contributed by atoms with Crippen molar-refractivity contribution in [1.29, 1.82) is 0 Å². The van der Waals surface area contributed by atoms with E-state index >= 15 is 0 Å². The van der Waals surface area contributed by atoms with Gasteiger partial charge in [-0.3, -0.25) is 9.59 Å². The molecule has 0 aromatic carbocycles. The molecule has 1 aliphatic carbocycles. The number of nitrogens with zero attached hydrogens (tertiary/aromatic N) is 3. The zero-order chi connectivity index (χ0) is 16.6. The maximum Gasteiger partial charge on any atom is 0.312 e. The molecule has 2 aromatic rings. The third kappa shape index (κ3) is 1.59. The van der Waals surface area contributed by atoms with Crippen LogP contribution in [0.2, 0.25) is 0 Å². The first kappa shape index (κ1) is 14.4. The smallest absolute Gasteiger partial charge is 0.312 e. The quantitative estimate of drug-likeness (QED) is 0.880. The van der Waals surface area contributed by atoms with E-state index in [1.807, 2.05) is 13.8 Å². The maximum atomic E-state index is 11.7. The Balaban J connectivity index is 1.83. The highest BCUT2D eigenvalue weighted by atomic mass is 32.1. The summed E-state index contributed by atoms with van der Waals surface area (Å²) in [4.78, 5) is 35.7. The number of thiophene rings is 1. The number of aromatic nitrogens is 2. The summed E-state index contributed by atoms with van der Waals surface area (Å²) >= 11 is 1.56. The highest BCUT2D eigenvalue weighted by Gasteiger charge is 2.81. The van der Waals surface area contributed by atoms with Gasteiger partial charge in [0.2, 0.25) is 0 Å². The minimum absolute atomic E-state index is 0.176. The summed E-state index contributed by atoms with van der Waals surface area (Å²) in [5.41, 5.74) is -1.33. The number of carboxylic acids is 2. The molecular weight excluding hydrogens is 318 g/mol. The lowest BCUT2D eigenvalue weighted by Crippen LogP contribution is -2.29. The third-order valence-electron chi connectivity index (χ3n) is 5.38. The van der Waals surface area contributed by atoms with Crippen LogP contribution in [0, 0.1) is 24.7 Å². The van der Waals surface area contributed by atoms with Crippen LogP contribution in [0.1, 0.15) is 16.9 Å². The Morgan fingerprint density at radius 1 is 1.17 bits per heavy atom. The molecule has 0 bridgehead atoms. The van der Waals surface area contributed by atoms with Crippen molar-refractivity contribution in [2.45, 2.75) is 20.3 Å². The first-order chi connectivity index (χ1) is 10.8. The van der Waals surface area contributed by atoms with Crippen LogP contribution in [0.4, 0.5) is 5.82 Å². The van der Waals surface area contributed by atoms with E-state index in [2.05, 4.69) is 9.97 Å². The molecule has 23 heavy (non-hydrogen) atoms. The zero-order valence-electron chi connectivity index (χ0n) is 12.7. The molecule has 7 nitrogen and oxygen atoms in total. The second-order valence-corrected chi connectivity index (χ2v) is 7.67. The van der Waals surface area contributed by atoms with Gasteiger partial charge in [-0.2, -0.15) is 0 Å². The summed E-state index contributed by atoms with van der Waals surface area (Å²) < 4.78 is 0. The normalized spacial score (nSPS) is 28.9. The summed E-state index contributed by atoms with van der Waals surface area (Å²) in [6.45, 7) is 4.34. The largest absolute Gasteiger partial charge is 0.481 e. The Kier molecular flexibility index (Phi) is 2.62. The molecule has 2 atom stereocenters. The molecule has 1 aliphatic heterocycles. The van der Waals surface area contributed by atoms with Gasteiger partial charge in [0.25, 0.3) is 0 Å². The van der Waals surface area contributed by atoms with E-state index in [1.165, 1.54) is 6.33 Å². The lowest BCUT2D eigenvalue weighted by Gasteiger charge is -2.22. The molecule has 0 unspecified atom stereocenters. The first-order valence-corrected chi connectivity index (χ1v) is 8.06. The zero-order valence-corrected chi connectivity index (χ0v) is 13.5. The molecule has 1 saturated heterocycles. The van der Waals surface area contributed by atoms with E-state index in [9.17, 15) is 19.8 Å². The second-order valence-electron chi connectivity index (χ2n) is 6.47. The van der Waals surface area contributed by atoms with Crippen molar-refractivity contribution < 1.29 is 19.8 Å². The summed E-state index contributed by atoms with van der Waals surface area (Å²) in [7, 11) is 0. The number of carbonyl (C=O) groups is 2. The Bertz CT molecular complexity index is 851. The average molecular weight is 333 g/mol. The van der Waals surface area contributed by atoms with Crippen molar-refractivity contribution in [2.75, 3.05) is 18.0 Å². The van der Waals surface area contributed by atoms with Crippen molar-refractivity contribution in [3.05, 3.63) is 16.8 Å². The molecule has 4 rings (SSSR count). The molecule has 0 radical (unpaired) electrons. The molecule has 2 aromatic heterocycles. The van der Waals surface area contributed by atoms with Crippen LogP contribution in [0.5, 0.6) is 0 Å². The Labute approximate surface area is 135 Å². The van der Waals surface area contributed by atoms with E-state index in [0.717, 1.165) is 20.7 Å². The van der Waals surface area contributed by atoms with Crippen LogP contribution in [-0.4, -0.2) is 45.2 Å². The topological polar surface area (TPSA) is 104 Å². The van der Waals surface area contributed by atoms with Crippen LogP contribution in [-0.2, 0) is 9.59 Å². The Morgan fingerprint density at radius 3 is 2.35 bits per heavy atom. The fraction of sp³-hybridized carbons (Fsp3) is 0.467. The van der Waals surface area contributed by atoms with Crippen LogP contribution < -0.4 is 4.90 Å². The van der Waals surface area contributed by atoms with E-state index in [1.54, 1.807) is 16.2 Å². The van der Waals surface area contributed by atoms with Gasteiger partial charge < -0.3 is 15.1 Å². The van der Waals surface area contributed by atoms with Gasteiger partial charge in [0, 0.05) is 18.0 Å². The predicted molar refractivity (Wildman–Crippen MR) is 83.9 cm³/mol. The molecule has 3 heterocycles. The van der Waals surface area contributed by atoms with Gasteiger partial charge in [-0.25, -0.2) is 9.97 Å². The number of hydrogen-bond acceptors (Lipinski definition) is 6. The molecule has 2 N–H and O–H groups in total. The van der Waals surface area contributed by atoms with E-state index in [-0.39, 0.29) is 19.5 Å². The van der Waals surface area contributed by atoms with E-state index < -0.39 is 22.8 Å². The molecule has 0 spiro atoms. The Morgan fingerprint density at radius 2 is 1.78 bits per heavy atom. The van der Waals surface area contributed by atoms with Crippen LogP contribution in [0.25, 0.3) is 10.2 Å². The minimum Gasteiger partial charge on any atom is -0.481 e. The highest BCUT2D eigenvalue weighted by molar-refractivity contribution is 7.18. The van der Waals surface area contributed by atoms with Gasteiger partial charge in [-0.05, 0) is 25.8 Å². The minimum atomic E-state index is -1.20. The summed E-state index contributed by atoms with van der Waals surface area (Å²) in [5, 5.41) is 20.0. The molecule has 2 fully saturated rings. The fourth-order valence-electron chi connectivity index (χ4n) is 3.84. The molecule has 8 heteroatoms. The number of anilines is 1. The number of aryl methyl sites for hydroxylation is 2. The van der Waals surface area contributed by atoms with Crippen molar-refractivity contribution in [2.24, 2.45) is 10.8 Å². The van der Waals surface area contributed by atoms with Gasteiger partial charge in [0.05, 0.1) is 5.39 Å². The molecule has 1 saturated carbocycles. The van der Waals surface area contributed by atoms with Crippen molar-refractivity contribution in [3.8, 4) is 0 Å². The van der Waals surface area contributed by atoms with Gasteiger partial charge in [-0.1, -0.05) is 0 Å². The van der Waals surface area contributed by atoms with Gasteiger partial charge in [0.15, 0.2) is 0 Å². The number of fused-ring (bicyclic) bond motifs is 2. The average Bonchev–Trinajstić information content (AvgIpc) is 2.90. The van der Waals surface area contributed by atoms with Crippen LogP contribution in [0.15, 0.2) is 6.33 Å². The monoisotopic (exact) mass is 333 g/mol. The summed E-state index contributed by atoms with van der Waals surface area (Å²) in [6, 6.07) is 0. The van der Waals surface area contributed by atoms with E-state index in [4.69, 9.17) is 0 Å².